The quantitative estimate of drug-likeness (QED) is 0.746. The van der Waals surface area contributed by atoms with Crippen molar-refractivity contribution in [1.82, 2.24) is 9.62 Å². The molecule has 0 radical (unpaired) electrons. The topological polar surface area (TPSA) is 92.5 Å². The zero-order valence-electron chi connectivity index (χ0n) is 14.6. The highest BCUT2D eigenvalue weighted by atomic mass is 35.5. The first-order valence-corrected chi connectivity index (χ1v) is 9.95. The number of benzene rings is 1. The minimum Gasteiger partial charge on any atom is -0.352 e. The molecular weight excluding hydrogens is 362 g/mol. The summed E-state index contributed by atoms with van der Waals surface area (Å²) < 4.78 is 26.9. The first-order chi connectivity index (χ1) is 11.4. The second-order valence-electron chi connectivity index (χ2n) is 6.40. The van der Waals surface area contributed by atoms with Crippen LogP contribution in [-0.4, -0.2) is 37.8 Å². The Morgan fingerprint density at radius 3 is 2.60 bits per heavy atom. The zero-order valence-corrected chi connectivity index (χ0v) is 16.2. The van der Waals surface area contributed by atoms with Crippen LogP contribution in [0.4, 0.5) is 0 Å². The minimum absolute atomic E-state index is 0. The van der Waals surface area contributed by atoms with Crippen molar-refractivity contribution in [3.8, 4) is 0 Å². The molecule has 1 aromatic rings. The van der Waals surface area contributed by atoms with Gasteiger partial charge in [0.2, 0.25) is 15.9 Å². The van der Waals surface area contributed by atoms with Gasteiger partial charge in [-0.05, 0) is 43.9 Å². The second-order valence-corrected chi connectivity index (χ2v) is 8.34. The van der Waals surface area contributed by atoms with Crippen LogP contribution < -0.4 is 11.1 Å². The number of hydrogen-bond acceptors (Lipinski definition) is 4. The molecule has 2 rings (SSSR count). The van der Waals surface area contributed by atoms with E-state index < -0.39 is 10.0 Å². The van der Waals surface area contributed by atoms with Crippen LogP contribution in [0.1, 0.15) is 44.6 Å². The summed E-state index contributed by atoms with van der Waals surface area (Å²) in [7, 11) is -3.44. The normalized spacial score (nSPS) is 16.7. The van der Waals surface area contributed by atoms with Crippen LogP contribution in [0, 0.1) is 0 Å². The molecule has 0 aromatic heterocycles. The summed E-state index contributed by atoms with van der Waals surface area (Å²) in [5.74, 6) is -0.0726. The smallest absolute Gasteiger partial charge is 0.243 e. The number of halogens is 1. The predicted molar refractivity (Wildman–Crippen MR) is 101 cm³/mol. The molecule has 0 aliphatic carbocycles. The molecular formula is C17H28ClN3O3S. The summed E-state index contributed by atoms with van der Waals surface area (Å²) in [6.07, 6.45) is 3.92. The molecule has 1 atom stereocenters. The van der Waals surface area contributed by atoms with Gasteiger partial charge in [0.05, 0.1) is 4.90 Å². The first-order valence-electron chi connectivity index (χ1n) is 8.51. The largest absolute Gasteiger partial charge is 0.352 e. The van der Waals surface area contributed by atoms with Gasteiger partial charge in [-0.3, -0.25) is 4.79 Å². The molecule has 0 bridgehead atoms. The molecule has 25 heavy (non-hydrogen) atoms. The number of nitrogens with zero attached hydrogens (tertiary/aromatic N) is 1. The Bertz CT molecular complexity index is 659. The molecule has 1 aliphatic heterocycles. The maximum absolute atomic E-state index is 12.7. The average molecular weight is 390 g/mol. The molecule has 1 heterocycles. The Labute approximate surface area is 156 Å². The lowest BCUT2D eigenvalue weighted by atomic mass is 10.2. The summed E-state index contributed by atoms with van der Waals surface area (Å²) in [4.78, 5) is 12.1. The van der Waals surface area contributed by atoms with Gasteiger partial charge in [0.25, 0.3) is 0 Å². The van der Waals surface area contributed by atoms with Gasteiger partial charge >= 0.3 is 0 Å². The van der Waals surface area contributed by atoms with Crippen molar-refractivity contribution in [1.29, 1.82) is 0 Å². The highest BCUT2D eigenvalue weighted by molar-refractivity contribution is 7.89. The highest BCUT2D eigenvalue weighted by Gasteiger charge is 2.25. The van der Waals surface area contributed by atoms with E-state index in [0.717, 1.165) is 24.8 Å². The number of nitrogens with two attached hydrogens (primary N) is 1. The third-order valence-corrected chi connectivity index (χ3v) is 6.06. The standard InChI is InChI=1S/C17H27N3O3S.ClH/c1-14(18)8-9-17(21)19-13-15-6-5-7-16(12-15)24(22,23)20-10-3-2-4-11-20;/h5-7,12,14H,2-4,8-11,13,18H2,1H3,(H,19,21);1H. The SMILES string of the molecule is CC(N)CCC(=O)NCc1cccc(S(=O)(=O)N2CCCCC2)c1.Cl. The van der Waals surface area contributed by atoms with Crippen LogP contribution in [0.15, 0.2) is 29.2 Å². The molecule has 1 aliphatic rings. The van der Waals surface area contributed by atoms with E-state index in [9.17, 15) is 13.2 Å². The lowest BCUT2D eigenvalue weighted by Crippen LogP contribution is -2.35. The molecule has 1 aromatic carbocycles. The van der Waals surface area contributed by atoms with Gasteiger partial charge in [-0.25, -0.2) is 8.42 Å². The van der Waals surface area contributed by atoms with E-state index in [1.807, 2.05) is 13.0 Å². The zero-order chi connectivity index (χ0) is 17.6. The number of sulfonamides is 1. The summed E-state index contributed by atoms with van der Waals surface area (Å²) in [6, 6.07) is 6.80. The van der Waals surface area contributed by atoms with Crippen molar-refractivity contribution < 1.29 is 13.2 Å². The maximum atomic E-state index is 12.7. The number of rotatable bonds is 7. The molecule has 1 saturated heterocycles. The maximum Gasteiger partial charge on any atom is 0.243 e. The molecule has 142 valence electrons. The van der Waals surface area contributed by atoms with E-state index in [4.69, 9.17) is 5.73 Å². The van der Waals surface area contributed by atoms with Gasteiger partial charge in [0.15, 0.2) is 0 Å². The molecule has 1 fully saturated rings. The number of carbonyl (C=O) groups is 1. The first kappa shape index (κ1) is 21.9. The summed E-state index contributed by atoms with van der Waals surface area (Å²) in [5.41, 5.74) is 6.42. The van der Waals surface area contributed by atoms with Crippen molar-refractivity contribution in [2.45, 2.75) is 56.5 Å². The van der Waals surface area contributed by atoms with Crippen LogP contribution in [0.5, 0.6) is 0 Å². The van der Waals surface area contributed by atoms with Gasteiger partial charge in [-0.15, -0.1) is 12.4 Å². The van der Waals surface area contributed by atoms with E-state index in [0.29, 0.717) is 37.4 Å². The van der Waals surface area contributed by atoms with Crippen molar-refractivity contribution in [2.75, 3.05) is 13.1 Å². The average Bonchev–Trinajstić information content (AvgIpc) is 2.59. The van der Waals surface area contributed by atoms with E-state index in [1.165, 1.54) is 0 Å². The van der Waals surface area contributed by atoms with E-state index in [2.05, 4.69) is 5.32 Å². The fourth-order valence-corrected chi connectivity index (χ4v) is 4.31. The summed E-state index contributed by atoms with van der Waals surface area (Å²) in [6.45, 7) is 3.35. The van der Waals surface area contributed by atoms with Crippen molar-refractivity contribution in [3.05, 3.63) is 29.8 Å². The molecule has 1 amide bonds. The highest BCUT2D eigenvalue weighted by Crippen LogP contribution is 2.21. The van der Waals surface area contributed by atoms with E-state index in [-0.39, 0.29) is 24.4 Å². The number of carbonyl (C=O) groups excluding carboxylic acids is 1. The Balaban J connectivity index is 0.00000312. The Kier molecular flexibility index (Phi) is 8.85. The van der Waals surface area contributed by atoms with Crippen LogP contribution in [0.25, 0.3) is 0 Å². The second kappa shape index (κ2) is 10.1. The van der Waals surface area contributed by atoms with Gasteiger partial charge in [-0.1, -0.05) is 18.6 Å². The molecule has 8 heteroatoms. The fourth-order valence-electron chi connectivity index (χ4n) is 2.72. The molecule has 0 spiro atoms. The monoisotopic (exact) mass is 389 g/mol. The van der Waals surface area contributed by atoms with Crippen LogP contribution in [0.2, 0.25) is 0 Å². The van der Waals surface area contributed by atoms with Crippen LogP contribution in [-0.2, 0) is 21.4 Å². The summed E-state index contributed by atoms with van der Waals surface area (Å²) in [5, 5.41) is 2.81. The predicted octanol–water partition coefficient (Wildman–Crippen LogP) is 2.03. The van der Waals surface area contributed by atoms with Gasteiger partial charge in [0.1, 0.15) is 0 Å². The summed E-state index contributed by atoms with van der Waals surface area (Å²) >= 11 is 0. The number of hydrogen-bond donors (Lipinski definition) is 2. The minimum atomic E-state index is -3.44. The van der Waals surface area contributed by atoms with Crippen molar-refractivity contribution >= 4 is 28.3 Å². The van der Waals surface area contributed by atoms with Gasteiger partial charge in [-0.2, -0.15) is 4.31 Å². The van der Waals surface area contributed by atoms with E-state index in [1.54, 1.807) is 22.5 Å². The van der Waals surface area contributed by atoms with Gasteiger partial charge < -0.3 is 11.1 Å². The number of amides is 1. The third kappa shape index (κ3) is 6.58. The third-order valence-electron chi connectivity index (χ3n) is 4.17. The molecule has 0 saturated carbocycles. The fraction of sp³-hybridized carbons (Fsp3) is 0.588. The molecule has 1 unspecified atom stereocenters. The lowest BCUT2D eigenvalue weighted by molar-refractivity contribution is -0.121. The van der Waals surface area contributed by atoms with E-state index >= 15 is 0 Å². The number of piperidine rings is 1. The lowest BCUT2D eigenvalue weighted by Gasteiger charge is -2.26. The van der Waals surface area contributed by atoms with Crippen LogP contribution in [0.3, 0.4) is 0 Å². The van der Waals surface area contributed by atoms with Crippen molar-refractivity contribution in [3.63, 3.8) is 0 Å². The Hall–Kier alpha value is -1.15. The van der Waals surface area contributed by atoms with Gasteiger partial charge in [0, 0.05) is 32.1 Å². The Morgan fingerprint density at radius 2 is 1.96 bits per heavy atom. The van der Waals surface area contributed by atoms with Crippen LogP contribution >= 0.6 is 12.4 Å². The molecule has 3 N–H and O–H groups in total. The Morgan fingerprint density at radius 1 is 1.28 bits per heavy atom. The molecule has 6 nitrogen and oxygen atoms in total. The number of nitrogens with one attached hydrogen (secondary N) is 1. The van der Waals surface area contributed by atoms with Crippen molar-refractivity contribution in [2.24, 2.45) is 5.73 Å².